The maximum atomic E-state index is 12.5. The summed E-state index contributed by atoms with van der Waals surface area (Å²) in [4.78, 5) is 12.6. The zero-order valence-corrected chi connectivity index (χ0v) is 14.2. The fraction of sp³-hybridized carbons (Fsp3) is 0.769. The summed E-state index contributed by atoms with van der Waals surface area (Å²) in [7, 11) is -5.79. The number of halogens is 3. The van der Waals surface area contributed by atoms with Gasteiger partial charge in [0.25, 0.3) is 0 Å². The monoisotopic (exact) mass is 359 g/mol. The Morgan fingerprint density at radius 2 is 1.87 bits per heavy atom. The van der Waals surface area contributed by atoms with Gasteiger partial charge < -0.3 is 9.29 Å². The van der Waals surface area contributed by atoms with E-state index >= 15 is 0 Å². The lowest BCUT2D eigenvalue weighted by Gasteiger charge is -2.52. The minimum atomic E-state index is -5.79. The highest BCUT2D eigenvalue weighted by molar-refractivity contribution is 7.87. The van der Waals surface area contributed by atoms with Crippen LogP contribution in [-0.4, -0.2) is 41.6 Å². The van der Waals surface area contributed by atoms with Crippen molar-refractivity contribution in [3.8, 4) is 0 Å². The van der Waals surface area contributed by atoms with Crippen LogP contribution < -0.4 is 0 Å². The van der Waals surface area contributed by atoms with Gasteiger partial charge in [-0.1, -0.05) is 20.8 Å². The molecule has 1 heterocycles. The number of amides is 1. The van der Waals surface area contributed by atoms with Crippen LogP contribution in [-0.2, 0) is 14.3 Å². The van der Waals surface area contributed by atoms with E-state index in [0.29, 0.717) is 0 Å². The first-order chi connectivity index (χ1) is 10.0. The Labute approximate surface area is 133 Å². The van der Waals surface area contributed by atoms with Gasteiger partial charge >= 0.3 is 21.7 Å². The van der Waals surface area contributed by atoms with Crippen LogP contribution in [0.15, 0.2) is 11.8 Å². The van der Waals surface area contributed by atoms with Gasteiger partial charge in [-0.15, -0.1) is 0 Å². The predicted octanol–water partition coefficient (Wildman–Crippen LogP) is 3.31. The molecule has 0 aromatic heterocycles. The third-order valence-corrected chi connectivity index (χ3v) is 5.21. The fourth-order valence-electron chi connectivity index (χ4n) is 2.53. The smallest absolute Gasteiger partial charge is 0.465 e. The number of carbonyl (C=O) groups is 1. The van der Waals surface area contributed by atoms with Gasteiger partial charge in [-0.2, -0.15) is 21.6 Å². The van der Waals surface area contributed by atoms with E-state index in [1.165, 1.54) is 6.92 Å². The maximum Gasteiger partial charge on any atom is 0.534 e. The number of rotatable bonds is 2. The zero-order valence-electron chi connectivity index (χ0n) is 13.4. The van der Waals surface area contributed by atoms with Crippen LogP contribution in [0.5, 0.6) is 0 Å². The molecule has 1 amide bonds. The van der Waals surface area contributed by atoms with E-state index in [9.17, 15) is 31.5 Å². The van der Waals surface area contributed by atoms with Crippen LogP contribution >= 0.6 is 0 Å². The van der Waals surface area contributed by atoms with Crippen molar-refractivity contribution >= 4 is 16.2 Å². The number of hydrogen-bond donors (Lipinski definition) is 1. The van der Waals surface area contributed by atoms with Crippen molar-refractivity contribution in [3.05, 3.63) is 11.8 Å². The highest BCUT2D eigenvalue weighted by atomic mass is 32.2. The molecule has 1 rings (SSSR count). The van der Waals surface area contributed by atoms with Crippen molar-refractivity contribution in [1.82, 2.24) is 4.90 Å². The minimum Gasteiger partial charge on any atom is -0.465 e. The third-order valence-electron chi connectivity index (χ3n) is 4.21. The summed E-state index contributed by atoms with van der Waals surface area (Å²) in [6.45, 7) is 8.15. The van der Waals surface area contributed by atoms with Gasteiger partial charge in [-0.05, 0) is 25.3 Å². The Morgan fingerprint density at radius 3 is 2.22 bits per heavy atom. The third kappa shape index (κ3) is 3.56. The molecule has 1 aliphatic rings. The maximum absolute atomic E-state index is 12.5. The van der Waals surface area contributed by atoms with E-state index in [-0.39, 0.29) is 6.42 Å². The molecule has 0 radical (unpaired) electrons. The first kappa shape index (κ1) is 19.6. The lowest BCUT2D eigenvalue weighted by Crippen LogP contribution is -2.61. The van der Waals surface area contributed by atoms with E-state index < -0.39 is 44.5 Å². The van der Waals surface area contributed by atoms with Crippen molar-refractivity contribution in [2.45, 2.75) is 58.1 Å². The van der Waals surface area contributed by atoms with Crippen molar-refractivity contribution < 1.29 is 35.7 Å². The summed E-state index contributed by atoms with van der Waals surface area (Å²) >= 11 is 0. The topological polar surface area (TPSA) is 83.9 Å². The van der Waals surface area contributed by atoms with Crippen molar-refractivity contribution in [2.75, 3.05) is 0 Å². The summed E-state index contributed by atoms with van der Waals surface area (Å²) in [5, 5.41) is 9.41. The lowest BCUT2D eigenvalue weighted by atomic mass is 9.69. The fourth-order valence-corrected chi connectivity index (χ4v) is 3.02. The number of carboxylic acid groups (broad SMARTS) is 1. The number of hydrogen-bond acceptors (Lipinski definition) is 4. The Balaban J connectivity index is 3.32. The van der Waals surface area contributed by atoms with E-state index in [1.807, 2.05) is 0 Å². The normalized spacial score (nSPS) is 26.7. The summed E-state index contributed by atoms with van der Waals surface area (Å²) in [5.41, 5.74) is -7.37. The molecule has 2 unspecified atom stereocenters. The van der Waals surface area contributed by atoms with E-state index in [2.05, 4.69) is 4.18 Å². The van der Waals surface area contributed by atoms with E-state index in [1.54, 1.807) is 27.7 Å². The number of nitrogens with zero attached hydrogens (tertiary/aromatic N) is 1. The molecule has 10 heteroatoms. The predicted molar refractivity (Wildman–Crippen MR) is 75.9 cm³/mol. The zero-order chi connectivity index (χ0) is 18.4. The van der Waals surface area contributed by atoms with Crippen molar-refractivity contribution in [2.24, 2.45) is 5.41 Å². The van der Waals surface area contributed by atoms with Gasteiger partial charge in [0.1, 0.15) is 5.76 Å². The molecule has 0 saturated carbocycles. The molecular formula is C13H20F3NO5S. The quantitative estimate of drug-likeness (QED) is 0.604. The Bertz CT molecular complexity index is 621. The highest BCUT2D eigenvalue weighted by Gasteiger charge is 2.53. The Hall–Kier alpha value is -1.45. The molecule has 23 heavy (non-hydrogen) atoms. The molecule has 0 saturated heterocycles. The van der Waals surface area contributed by atoms with Gasteiger partial charge in [-0.25, -0.2) is 4.79 Å². The summed E-state index contributed by atoms with van der Waals surface area (Å²) in [5.74, 6) is -0.412. The Morgan fingerprint density at radius 1 is 1.39 bits per heavy atom. The van der Waals surface area contributed by atoms with Gasteiger partial charge in [0.05, 0.1) is 11.6 Å². The summed E-state index contributed by atoms with van der Waals surface area (Å²) in [6.07, 6.45) is -0.461. The van der Waals surface area contributed by atoms with Crippen molar-refractivity contribution in [1.29, 1.82) is 0 Å². The van der Waals surface area contributed by atoms with Gasteiger partial charge in [-0.3, -0.25) is 4.90 Å². The average Bonchev–Trinajstić information content (AvgIpc) is 2.22. The second-order valence-electron chi connectivity index (χ2n) is 6.71. The van der Waals surface area contributed by atoms with Gasteiger partial charge in [0.15, 0.2) is 0 Å². The molecule has 0 spiro atoms. The first-order valence-electron chi connectivity index (χ1n) is 6.76. The molecule has 134 valence electrons. The van der Waals surface area contributed by atoms with Gasteiger partial charge in [0.2, 0.25) is 0 Å². The van der Waals surface area contributed by atoms with Crippen LogP contribution in [0.4, 0.5) is 18.0 Å². The van der Waals surface area contributed by atoms with Crippen LogP contribution in [0, 0.1) is 5.41 Å². The van der Waals surface area contributed by atoms with E-state index in [0.717, 1.165) is 11.0 Å². The number of alkyl halides is 3. The second-order valence-corrected chi connectivity index (χ2v) is 8.25. The van der Waals surface area contributed by atoms with E-state index in [4.69, 9.17) is 0 Å². The molecule has 6 nitrogen and oxygen atoms in total. The molecule has 1 N–H and O–H groups in total. The molecule has 0 aliphatic carbocycles. The average molecular weight is 359 g/mol. The summed E-state index contributed by atoms with van der Waals surface area (Å²) in [6, 6.07) is -0.844. The molecule has 0 aromatic carbocycles. The van der Waals surface area contributed by atoms with Gasteiger partial charge in [0, 0.05) is 6.42 Å². The molecule has 0 aromatic rings. The van der Waals surface area contributed by atoms with Crippen LogP contribution in [0.3, 0.4) is 0 Å². The summed E-state index contributed by atoms with van der Waals surface area (Å²) < 4.78 is 64.0. The molecule has 0 fully saturated rings. The van der Waals surface area contributed by atoms with Crippen LogP contribution in [0.25, 0.3) is 0 Å². The minimum absolute atomic E-state index is 0.289. The lowest BCUT2D eigenvalue weighted by molar-refractivity contribution is -0.0547. The molecule has 0 bridgehead atoms. The molecule has 1 aliphatic heterocycles. The highest BCUT2D eigenvalue weighted by Crippen LogP contribution is 2.45. The Kier molecular flexibility index (Phi) is 4.75. The largest absolute Gasteiger partial charge is 0.534 e. The molecule has 2 atom stereocenters. The van der Waals surface area contributed by atoms with Crippen LogP contribution in [0.1, 0.15) is 41.0 Å². The van der Waals surface area contributed by atoms with Crippen LogP contribution in [0.2, 0.25) is 0 Å². The second kappa shape index (κ2) is 5.57. The first-order valence-corrected chi connectivity index (χ1v) is 8.17. The SMILES string of the molecule is CC1C=C(OS(=O)(=O)C(F)(F)F)CC(C)(C(C)(C)C)N1C(=O)O. The standard InChI is InChI=1S/C13H20F3NO5S/c1-8-6-9(22-23(20,21)13(14,15)16)7-12(5,11(2,3)4)17(8)10(18)19/h6,8H,7H2,1-5H3,(H,18,19). The molecular weight excluding hydrogens is 339 g/mol. The van der Waals surface area contributed by atoms with Crippen molar-refractivity contribution in [3.63, 3.8) is 0 Å².